The third-order valence-electron chi connectivity index (χ3n) is 2.68. The molecule has 0 aliphatic heterocycles. The van der Waals surface area contributed by atoms with Crippen molar-refractivity contribution in [2.75, 3.05) is 0 Å². The quantitative estimate of drug-likeness (QED) is 0.575. The van der Waals surface area contributed by atoms with Crippen LogP contribution in [0.15, 0.2) is 36.4 Å². The Morgan fingerprint density at radius 3 is 2.53 bits per heavy atom. The van der Waals surface area contributed by atoms with Crippen LogP contribution in [0.4, 0.5) is 0 Å². The molecule has 0 fully saturated rings. The molecule has 0 aromatic heterocycles. The Morgan fingerprint density at radius 1 is 1.13 bits per heavy atom. The molecular formula is C15H22. The van der Waals surface area contributed by atoms with Crippen molar-refractivity contribution in [3.63, 3.8) is 0 Å². The Balaban J connectivity index is 2.31. The maximum atomic E-state index is 2.32. The molecule has 1 aromatic rings. The van der Waals surface area contributed by atoms with Gasteiger partial charge >= 0.3 is 0 Å². The van der Waals surface area contributed by atoms with Crippen LogP contribution in [-0.4, -0.2) is 0 Å². The maximum Gasteiger partial charge on any atom is -0.0259 e. The second-order valence-electron chi connectivity index (χ2n) is 4.24. The zero-order valence-electron chi connectivity index (χ0n) is 9.95. The van der Waals surface area contributed by atoms with E-state index in [-0.39, 0.29) is 0 Å². The number of unbranched alkanes of at least 4 members (excludes halogenated alkanes) is 2. The van der Waals surface area contributed by atoms with Crippen LogP contribution in [0.25, 0.3) is 6.08 Å². The summed E-state index contributed by atoms with van der Waals surface area (Å²) in [6, 6.07) is 10.5. The molecular weight excluding hydrogens is 180 g/mol. The van der Waals surface area contributed by atoms with E-state index in [1.165, 1.54) is 31.2 Å². The van der Waals surface area contributed by atoms with Crippen molar-refractivity contribution >= 4 is 6.08 Å². The number of hydrogen-bond donors (Lipinski definition) is 0. The topological polar surface area (TPSA) is 0 Å². The van der Waals surface area contributed by atoms with E-state index >= 15 is 0 Å². The highest BCUT2D eigenvalue weighted by Gasteiger charge is 1.95. The molecule has 82 valence electrons. The van der Waals surface area contributed by atoms with Crippen LogP contribution in [0.1, 0.15) is 45.1 Å². The van der Waals surface area contributed by atoms with Crippen LogP contribution in [0, 0.1) is 5.92 Å². The SMILES string of the molecule is CCCCCC(C)C=Cc1ccccc1. The molecule has 0 N–H and O–H groups in total. The third kappa shape index (κ3) is 5.41. The summed E-state index contributed by atoms with van der Waals surface area (Å²) in [5.74, 6) is 0.705. The van der Waals surface area contributed by atoms with Crippen LogP contribution >= 0.6 is 0 Å². The molecule has 0 bridgehead atoms. The summed E-state index contributed by atoms with van der Waals surface area (Å²) in [6.45, 7) is 4.56. The Morgan fingerprint density at radius 2 is 1.87 bits per heavy atom. The Bertz CT molecular complexity index is 271. The number of benzene rings is 1. The lowest BCUT2D eigenvalue weighted by molar-refractivity contribution is 0.577. The molecule has 1 aromatic carbocycles. The van der Waals surface area contributed by atoms with Gasteiger partial charge < -0.3 is 0 Å². The van der Waals surface area contributed by atoms with Gasteiger partial charge in [0.15, 0.2) is 0 Å². The van der Waals surface area contributed by atoms with E-state index in [4.69, 9.17) is 0 Å². The van der Waals surface area contributed by atoms with Gasteiger partial charge in [0.1, 0.15) is 0 Å². The lowest BCUT2D eigenvalue weighted by Crippen LogP contribution is -1.89. The fraction of sp³-hybridized carbons (Fsp3) is 0.467. The van der Waals surface area contributed by atoms with Gasteiger partial charge in [-0.25, -0.2) is 0 Å². The molecule has 0 radical (unpaired) electrons. The van der Waals surface area contributed by atoms with Crippen LogP contribution in [0.3, 0.4) is 0 Å². The Kier molecular flexibility index (Phi) is 5.84. The molecule has 0 amide bonds. The average molecular weight is 202 g/mol. The van der Waals surface area contributed by atoms with Crippen LogP contribution < -0.4 is 0 Å². The van der Waals surface area contributed by atoms with Gasteiger partial charge in [0.25, 0.3) is 0 Å². The second kappa shape index (κ2) is 7.28. The van der Waals surface area contributed by atoms with Crippen molar-refractivity contribution in [3.8, 4) is 0 Å². The molecule has 0 heteroatoms. The van der Waals surface area contributed by atoms with Gasteiger partial charge in [-0.15, -0.1) is 0 Å². The van der Waals surface area contributed by atoms with Crippen molar-refractivity contribution in [2.24, 2.45) is 5.92 Å². The minimum Gasteiger partial charge on any atom is -0.0811 e. The molecule has 1 atom stereocenters. The van der Waals surface area contributed by atoms with E-state index in [1.807, 2.05) is 0 Å². The van der Waals surface area contributed by atoms with E-state index in [0.717, 1.165) is 0 Å². The summed E-state index contributed by atoms with van der Waals surface area (Å²) in [4.78, 5) is 0. The van der Waals surface area contributed by atoms with Crippen LogP contribution in [0.2, 0.25) is 0 Å². The summed E-state index contributed by atoms with van der Waals surface area (Å²) < 4.78 is 0. The standard InChI is InChI=1S/C15H22/c1-3-4-6-9-14(2)12-13-15-10-7-5-8-11-15/h5,7-8,10-14H,3-4,6,9H2,1-2H3. The highest BCUT2D eigenvalue weighted by molar-refractivity contribution is 5.48. The first-order valence-corrected chi connectivity index (χ1v) is 6.06. The summed E-state index contributed by atoms with van der Waals surface area (Å²) in [5, 5.41) is 0. The van der Waals surface area contributed by atoms with Gasteiger partial charge in [0.2, 0.25) is 0 Å². The fourth-order valence-electron chi connectivity index (χ4n) is 1.65. The first-order chi connectivity index (χ1) is 7.33. The minimum atomic E-state index is 0.705. The molecule has 0 saturated carbocycles. The first kappa shape index (κ1) is 12.0. The Hall–Kier alpha value is -1.04. The molecule has 1 rings (SSSR count). The van der Waals surface area contributed by atoms with E-state index in [9.17, 15) is 0 Å². The predicted octanol–water partition coefficient (Wildman–Crippen LogP) is 4.92. The van der Waals surface area contributed by atoms with Gasteiger partial charge in [-0.3, -0.25) is 0 Å². The van der Waals surface area contributed by atoms with Gasteiger partial charge in [-0.1, -0.05) is 75.6 Å². The molecule has 0 heterocycles. The van der Waals surface area contributed by atoms with Crippen molar-refractivity contribution in [1.82, 2.24) is 0 Å². The highest BCUT2D eigenvalue weighted by Crippen LogP contribution is 2.12. The van der Waals surface area contributed by atoms with Gasteiger partial charge in [0.05, 0.1) is 0 Å². The minimum absolute atomic E-state index is 0.705. The van der Waals surface area contributed by atoms with E-state index in [0.29, 0.717) is 5.92 Å². The van der Waals surface area contributed by atoms with E-state index in [2.05, 4.69) is 56.3 Å². The maximum absolute atomic E-state index is 2.32. The lowest BCUT2D eigenvalue weighted by atomic mass is 10.0. The fourth-order valence-corrected chi connectivity index (χ4v) is 1.65. The summed E-state index contributed by atoms with van der Waals surface area (Å²) in [6.07, 6.45) is 9.91. The third-order valence-corrected chi connectivity index (χ3v) is 2.68. The van der Waals surface area contributed by atoms with E-state index in [1.54, 1.807) is 0 Å². The van der Waals surface area contributed by atoms with Crippen molar-refractivity contribution in [2.45, 2.75) is 39.5 Å². The van der Waals surface area contributed by atoms with Crippen molar-refractivity contribution in [3.05, 3.63) is 42.0 Å². The smallest absolute Gasteiger partial charge is 0.0259 e. The lowest BCUT2D eigenvalue weighted by Gasteiger charge is -2.04. The number of allylic oxidation sites excluding steroid dienone is 1. The first-order valence-electron chi connectivity index (χ1n) is 6.06. The monoisotopic (exact) mass is 202 g/mol. The van der Waals surface area contributed by atoms with E-state index < -0.39 is 0 Å². The normalized spacial score (nSPS) is 13.2. The molecule has 1 unspecified atom stereocenters. The molecule has 0 spiro atoms. The molecule has 0 aliphatic carbocycles. The van der Waals surface area contributed by atoms with Gasteiger partial charge in [0, 0.05) is 0 Å². The van der Waals surface area contributed by atoms with Gasteiger partial charge in [-0.05, 0) is 17.9 Å². The summed E-state index contributed by atoms with van der Waals surface area (Å²) >= 11 is 0. The number of hydrogen-bond acceptors (Lipinski definition) is 0. The largest absolute Gasteiger partial charge is 0.0811 e. The summed E-state index contributed by atoms with van der Waals surface area (Å²) in [5.41, 5.74) is 1.31. The average Bonchev–Trinajstić information content (AvgIpc) is 2.28. The predicted molar refractivity (Wildman–Crippen MR) is 68.8 cm³/mol. The zero-order chi connectivity index (χ0) is 10.9. The zero-order valence-corrected chi connectivity index (χ0v) is 9.95. The van der Waals surface area contributed by atoms with Crippen LogP contribution in [0.5, 0.6) is 0 Å². The molecule has 15 heavy (non-hydrogen) atoms. The molecule has 0 aliphatic rings. The van der Waals surface area contributed by atoms with Gasteiger partial charge in [-0.2, -0.15) is 0 Å². The van der Waals surface area contributed by atoms with Crippen molar-refractivity contribution in [1.29, 1.82) is 0 Å². The Labute approximate surface area is 94.0 Å². The van der Waals surface area contributed by atoms with Crippen LogP contribution in [-0.2, 0) is 0 Å². The molecule has 0 saturated heterocycles. The van der Waals surface area contributed by atoms with Crippen molar-refractivity contribution < 1.29 is 0 Å². The molecule has 0 nitrogen and oxygen atoms in total. The summed E-state index contributed by atoms with van der Waals surface area (Å²) in [7, 11) is 0. The second-order valence-corrected chi connectivity index (χ2v) is 4.24. The number of rotatable bonds is 6. The highest BCUT2D eigenvalue weighted by atomic mass is 14.0.